The van der Waals surface area contributed by atoms with Crippen molar-refractivity contribution in [2.45, 2.75) is 5.25 Å². The molecule has 0 aliphatic rings. The fourth-order valence-corrected chi connectivity index (χ4v) is 3.97. The van der Waals surface area contributed by atoms with E-state index in [9.17, 15) is 21.6 Å². The van der Waals surface area contributed by atoms with Gasteiger partial charge < -0.3 is 9.84 Å². The smallest absolute Gasteiger partial charge is 0.324 e. The zero-order valence-corrected chi connectivity index (χ0v) is 10.5. The van der Waals surface area contributed by atoms with Crippen LogP contribution in [0.5, 0.6) is 0 Å². The highest BCUT2D eigenvalue weighted by Crippen LogP contribution is 2.05. The van der Waals surface area contributed by atoms with Crippen molar-refractivity contribution in [2.24, 2.45) is 0 Å². The highest BCUT2D eigenvalue weighted by molar-refractivity contribution is 7.95. The lowest BCUT2D eigenvalue weighted by atomic mass is 10.5. The van der Waals surface area contributed by atoms with Crippen molar-refractivity contribution in [2.75, 3.05) is 31.5 Å². The van der Waals surface area contributed by atoms with E-state index in [1.54, 1.807) is 0 Å². The quantitative estimate of drug-likeness (QED) is 0.603. The first-order chi connectivity index (χ1) is 7.10. The Labute approximate surface area is 94.2 Å². The number of hydrogen-bond donors (Lipinski definition) is 1. The number of methoxy groups -OCH3 is 1. The van der Waals surface area contributed by atoms with Crippen LogP contribution in [0.2, 0.25) is 0 Å². The van der Waals surface area contributed by atoms with E-state index in [0.717, 1.165) is 6.26 Å². The maximum absolute atomic E-state index is 11.5. The molecule has 0 rings (SSSR count). The van der Waals surface area contributed by atoms with Gasteiger partial charge in [0.2, 0.25) is 0 Å². The summed E-state index contributed by atoms with van der Waals surface area (Å²) in [7, 11) is -6.30. The van der Waals surface area contributed by atoms with Crippen LogP contribution in [0, 0.1) is 0 Å². The summed E-state index contributed by atoms with van der Waals surface area (Å²) in [4.78, 5) is 10.7. The Morgan fingerprint density at radius 2 is 1.75 bits per heavy atom. The normalized spacial score (nSPS) is 14.6. The van der Waals surface area contributed by atoms with Crippen LogP contribution in [0.15, 0.2) is 0 Å². The van der Waals surface area contributed by atoms with Gasteiger partial charge in [0, 0.05) is 13.4 Å². The van der Waals surface area contributed by atoms with Crippen molar-refractivity contribution in [3.63, 3.8) is 0 Å². The van der Waals surface area contributed by atoms with Crippen LogP contribution >= 0.6 is 0 Å². The molecule has 0 saturated heterocycles. The molecule has 0 radical (unpaired) electrons. The summed E-state index contributed by atoms with van der Waals surface area (Å²) >= 11 is 0. The number of carboxylic acids is 1. The van der Waals surface area contributed by atoms with Gasteiger partial charge in [-0.3, -0.25) is 4.79 Å². The molecule has 96 valence electrons. The summed E-state index contributed by atoms with van der Waals surface area (Å²) < 4.78 is 49.0. The second kappa shape index (κ2) is 5.60. The Morgan fingerprint density at radius 3 is 2.06 bits per heavy atom. The molecule has 16 heavy (non-hydrogen) atoms. The highest BCUT2D eigenvalue weighted by atomic mass is 32.2. The zero-order chi connectivity index (χ0) is 13.0. The number of ether oxygens (including phenoxy) is 1. The van der Waals surface area contributed by atoms with Gasteiger partial charge in [0.05, 0.1) is 18.1 Å². The Kier molecular flexibility index (Phi) is 5.36. The molecule has 0 heterocycles. The van der Waals surface area contributed by atoms with Gasteiger partial charge >= 0.3 is 5.97 Å². The molecular formula is C7H14O7S2. The maximum Gasteiger partial charge on any atom is 0.324 e. The topological polar surface area (TPSA) is 115 Å². The van der Waals surface area contributed by atoms with Crippen LogP contribution in [0.3, 0.4) is 0 Å². The van der Waals surface area contributed by atoms with Crippen LogP contribution < -0.4 is 0 Å². The molecule has 1 N–H and O–H groups in total. The molecule has 0 aromatic heterocycles. The number of rotatable bonds is 7. The van der Waals surface area contributed by atoms with Crippen LogP contribution in [0.1, 0.15) is 0 Å². The minimum absolute atomic E-state index is 0.499. The lowest BCUT2D eigenvalue weighted by Crippen LogP contribution is -2.37. The van der Waals surface area contributed by atoms with E-state index < -0.39 is 49.0 Å². The number of carbonyl (C=O) groups is 1. The second-order valence-corrected chi connectivity index (χ2v) is 7.84. The van der Waals surface area contributed by atoms with Gasteiger partial charge in [-0.1, -0.05) is 0 Å². The van der Waals surface area contributed by atoms with E-state index in [2.05, 4.69) is 4.74 Å². The van der Waals surface area contributed by atoms with Crippen molar-refractivity contribution in [3.8, 4) is 0 Å². The fraction of sp³-hybridized carbons (Fsp3) is 0.857. The van der Waals surface area contributed by atoms with Gasteiger partial charge in [0.25, 0.3) is 0 Å². The van der Waals surface area contributed by atoms with Crippen LogP contribution in [-0.2, 0) is 29.2 Å². The average Bonchev–Trinajstić information content (AvgIpc) is 2.09. The van der Waals surface area contributed by atoms with Gasteiger partial charge in [-0.05, 0) is 0 Å². The molecule has 0 saturated carbocycles. The molecule has 0 aliphatic heterocycles. The summed E-state index contributed by atoms with van der Waals surface area (Å²) in [5.74, 6) is -2.86. The van der Waals surface area contributed by atoms with E-state index in [1.807, 2.05) is 0 Å². The minimum atomic E-state index is -4.02. The summed E-state index contributed by atoms with van der Waals surface area (Å²) in [5, 5.41) is 6.94. The number of sulfone groups is 2. The first-order valence-corrected chi connectivity index (χ1v) is 7.99. The fourth-order valence-electron chi connectivity index (χ4n) is 0.890. The SMILES string of the molecule is COCC(C(=O)O)S(=O)(=O)CCS(C)(=O)=O. The number of carboxylic acid groups (broad SMARTS) is 1. The van der Waals surface area contributed by atoms with Gasteiger partial charge in [0.1, 0.15) is 9.84 Å². The Hall–Kier alpha value is -0.670. The molecule has 0 bridgehead atoms. The zero-order valence-electron chi connectivity index (χ0n) is 8.91. The molecule has 0 aliphatic carbocycles. The lowest BCUT2D eigenvalue weighted by Gasteiger charge is -2.11. The van der Waals surface area contributed by atoms with Crippen molar-refractivity contribution in [1.29, 1.82) is 0 Å². The first kappa shape index (κ1) is 15.3. The van der Waals surface area contributed by atoms with Crippen LogP contribution in [-0.4, -0.2) is 64.6 Å². The molecule has 1 unspecified atom stereocenters. The molecule has 0 fully saturated rings. The van der Waals surface area contributed by atoms with Crippen molar-refractivity contribution < 1.29 is 31.5 Å². The Balaban J connectivity index is 4.81. The molecule has 0 amide bonds. The molecule has 9 heteroatoms. The summed E-state index contributed by atoms with van der Waals surface area (Å²) in [6, 6.07) is 0. The monoisotopic (exact) mass is 274 g/mol. The van der Waals surface area contributed by atoms with E-state index >= 15 is 0 Å². The van der Waals surface area contributed by atoms with E-state index in [4.69, 9.17) is 5.11 Å². The average molecular weight is 274 g/mol. The predicted octanol–water partition coefficient (Wildman–Crippen LogP) is -1.45. The summed E-state index contributed by atoms with van der Waals surface area (Å²) in [6.45, 7) is -0.499. The standard InChI is InChI=1S/C7H14O7S2/c1-14-5-6(7(8)9)16(12,13)4-3-15(2,10)11/h6H,3-5H2,1-2H3,(H,8,9). The number of hydrogen-bond acceptors (Lipinski definition) is 6. The third kappa shape index (κ3) is 5.42. The number of aliphatic carboxylic acids is 1. The molecule has 0 aromatic carbocycles. The highest BCUT2D eigenvalue weighted by Gasteiger charge is 2.32. The van der Waals surface area contributed by atoms with E-state index in [1.165, 1.54) is 7.11 Å². The van der Waals surface area contributed by atoms with Gasteiger partial charge in [-0.2, -0.15) is 0 Å². The largest absolute Gasteiger partial charge is 0.480 e. The van der Waals surface area contributed by atoms with Gasteiger partial charge in [-0.15, -0.1) is 0 Å². The van der Waals surface area contributed by atoms with Gasteiger partial charge in [0.15, 0.2) is 15.1 Å². The van der Waals surface area contributed by atoms with Crippen LogP contribution in [0.4, 0.5) is 0 Å². The molecule has 1 atom stereocenters. The predicted molar refractivity (Wildman–Crippen MR) is 56.8 cm³/mol. The summed E-state index contributed by atoms with van der Waals surface area (Å²) in [5.41, 5.74) is 0. The van der Waals surface area contributed by atoms with E-state index in [-0.39, 0.29) is 0 Å². The molecular weight excluding hydrogens is 260 g/mol. The lowest BCUT2D eigenvalue weighted by molar-refractivity contribution is -0.137. The Morgan fingerprint density at radius 1 is 1.25 bits per heavy atom. The van der Waals surface area contributed by atoms with Gasteiger partial charge in [-0.25, -0.2) is 16.8 Å². The molecule has 0 aromatic rings. The summed E-state index contributed by atoms with van der Waals surface area (Å²) in [6.07, 6.45) is 0.884. The molecule has 7 nitrogen and oxygen atoms in total. The minimum Gasteiger partial charge on any atom is -0.480 e. The van der Waals surface area contributed by atoms with Crippen molar-refractivity contribution in [3.05, 3.63) is 0 Å². The third-order valence-corrected chi connectivity index (χ3v) is 4.95. The third-order valence-electron chi connectivity index (χ3n) is 1.77. The first-order valence-electron chi connectivity index (χ1n) is 4.21. The van der Waals surface area contributed by atoms with Crippen molar-refractivity contribution >= 4 is 25.6 Å². The van der Waals surface area contributed by atoms with E-state index in [0.29, 0.717) is 0 Å². The van der Waals surface area contributed by atoms with Crippen LogP contribution in [0.25, 0.3) is 0 Å². The maximum atomic E-state index is 11.5. The molecule has 0 spiro atoms. The van der Waals surface area contributed by atoms with Crippen molar-refractivity contribution in [1.82, 2.24) is 0 Å². The Bertz CT molecular complexity index is 433. The second-order valence-electron chi connectivity index (χ2n) is 3.28.